The van der Waals surface area contributed by atoms with Crippen molar-refractivity contribution in [2.75, 3.05) is 5.32 Å². The van der Waals surface area contributed by atoms with Crippen molar-refractivity contribution in [1.29, 1.82) is 0 Å². The fraction of sp³-hybridized carbons (Fsp3) is 0.529. The maximum Gasteiger partial charge on any atom is 0.412 e. The molecule has 0 aliphatic rings. The third kappa shape index (κ3) is 6.16. The molecule has 1 rings (SSSR count). The lowest BCUT2D eigenvalue weighted by Crippen LogP contribution is -2.27. The Morgan fingerprint density at radius 1 is 1.09 bits per heavy atom. The molecule has 0 aliphatic heterocycles. The van der Waals surface area contributed by atoms with E-state index < -0.39 is 11.7 Å². The van der Waals surface area contributed by atoms with Crippen molar-refractivity contribution >= 4 is 17.7 Å². The maximum absolute atomic E-state index is 11.9. The number of nitrogens with one attached hydrogen (secondary N) is 1. The number of anilines is 1. The predicted molar refractivity (Wildman–Crippen MR) is 86.0 cm³/mol. The summed E-state index contributed by atoms with van der Waals surface area (Å²) in [5.41, 5.74) is 0.0334. The largest absolute Gasteiger partial charge is 0.444 e. The molecule has 1 aromatic carbocycles. The zero-order valence-electron chi connectivity index (χ0n) is 13.9. The highest BCUT2D eigenvalue weighted by atomic mass is 16.6. The van der Waals surface area contributed by atoms with Crippen LogP contribution in [-0.4, -0.2) is 17.7 Å². The van der Waals surface area contributed by atoms with Gasteiger partial charge >= 0.3 is 12.1 Å². The van der Waals surface area contributed by atoms with Crippen LogP contribution < -0.4 is 10.1 Å². The van der Waals surface area contributed by atoms with Crippen LogP contribution in [-0.2, 0) is 9.53 Å². The van der Waals surface area contributed by atoms with Crippen molar-refractivity contribution in [3.8, 4) is 5.75 Å². The first-order valence-electron chi connectivity index (χ1n) is 7.57. The normalized spacial score (nSPS) is 11.2. The van der Waals surface area contributed by atoms with Crippen LogP contribution >= 0.6 is 0 Å². The van der Waals surface area contributed by atoms with Gasteiger partial charge in [-0.15, -0.1) is 0 Å². The molecule has 0 bridgehead atoms. The number of carbonyl (C=O) groups excluding carboxylic acids is 2. The summed E-state index contributed by atoms with van der Waals surface area (Å²) >= 11 is 0. The molecule has 5 heteroatoms. The highest BCUT2D eigenvalue weighted by molar-refractivity contribution is 5.85. The molecule has 22 heavy (non-hydrogen) atoms. The lowest BCUT2D eigenvalue weighted by Gasteiger charge is -2.19. The van der Waals surface area contributed by atoms with Gasteiger partial charge in [-0.1, -0.05) is 13.8 Å². The molecule has 5 nitrogen and oxygen atoms in total. The summed E-state index contributed by atoms with van der Waals surface area (Å²) in [4.78, 5) is 23.5. The van der Waals surface area contributed by atoms with Crippen LogP contribution in [0.5, 0.6) is 5.75 Å². The Morgan fingerprint density at radius 2 is 1.64 bits per heavy atom. The quantitative estimate of drug-likeness (QED) is 0.648. The summed E-state index contributed by atoms with van der Waals surface area (Å²) in [5.74, 6) is 0.157. The van der Waals surface area contributed by atoms with E-state index in [1.165, 1.54) is 0 Å². The minimum atomic E-state index is -0.547. The summed E-state index contributed by atoms with van der Waals surface area (Å²) in [6.07, 6.45) is 0.996. The number of amides is 1. The van der Waals surface area contributed by atoms with E-state index in [0.717, 1.165) is 12.8 Å². The van der Waals surface area contributed by atoms with Crippen LogP contribution in [0.4, 0.5) is 10.5 Å². The van der Waals surface area contributed by atoms with Gasteiger partial charge in [0.2, 0.25) is 0 Å². The average Bonchev–Trinajstić information content (AvgIpc) is 2.40. The fourth-order valence-corrected chi connectivity index (χ4v) is 1.85. The number of carbonyl (C=O) groups is 2. The second-order valence-corrected chi connectivity index (χ2v) is 6.09. The van der Waals surface area contributed by atoms with Crippen molar-refractivity contribution in [2.45, 2.75) is 53.1 Å². The molecule has 1 amide bonds. The third-order valence-electron chi connectivity index (χ3n) is 3.04. The summed E-state index contributed by atoms with van der Waals surface area (Å²) in [5, 5.41) is 2.62. The molecule has 1 N–H and O–H groups in total. The van der Waals surface area contributed by atoms with Gasteiger partial charge in [0, 0.05) is 5.69 Å². The molecular weight excluding hydrogens is 282 g/mol. The van der Waals surface area contributed by atoms with Crippen LogP contribution in [0.15, 0.2) is 24.3 Å². The van der Waals surface area contributed by atoms with Crippen LogP contribution in [0.25, 0.3) is 0 Å². The monoisotopic (exact) mass is 307 g/mol. The van der Waals surface area contributed by atoms with E-state index in [1.54, 1.807) is 45.0 Å². The molecule has 0 unspecified atom stereocenters. The topological polar surface area (TPSA) is 64.6 Å². The first kappa shape index (κ1) is 18.0. The molecule has 0 aromatic heterocycles. The second kappa shape index (κ2) is 7.82. The second-order valence-electron chi connectivity index (χ2n) is 6.09. The van der Waals surface area contributed by atoms with Gasteiger partial charge in [0.1, 0.15) is 11.4 Å². The van der Waals surface area contributed by atoms with Gasteiger partial charge in [0.05, 0.1) is 5.92 Å². The van der Waals surface area contributed by atoms with Crippen molar-refractivity contribution in [3.63, 3.8) is 0 Å². The van der Waals surface area contributed by atoms with Crippen LogP contribution in [0.3, 0.4) is 0 Å². The van der Waals surface area contributed by atoms with E-state index in [-0.39, 0.29) is 11.9 Å². The van der Waals surface area contributed by atoms with E-state index in [4.69, 9.17) is 9.47 Å². The Morgan fingerprint density at radius 3 is 2.09 bits per heavy atom. The van der Waals surface area contributed by atoms with Crippen molar-refractivity contribution < 1.29 is 19.1 Å². The number of ether oxygens (including phenoxy) is 2. The van der Waals surface area contributed by atoms with Gasteiger partial charge in [-0.2, -0.15) is 0 Å². The summed E-state index contributed by atoms with van der Waals surface area (Å²) in [7, 11) is 0. The van der Waals surface area contributed by atoms with Crippen LogP contribution in [0.1, 0.15) is 47.5 Å². The number of hydrogen-bond donors (Lipinski definition) is 1. The Kier molecular flexibility index (Phi) is 6.40. The zero-order valence-corrected chi connectivity index (χ0v) is 13.9. The van der Waals surface area contributed by atoms with Crippen LogP contribution in [0.2, 0.25) is 0 Å². The Balaban J connectivity index is 2.60. The van der Waals surface area contributed by atoms with E-state index in [2.05, 4.69) is 5.32 Å². The Hall–Kier alpha value is -2.04. The lowest BCUT2D eigenvalue weighted by atomic mass is 10.0. The molecule has 0 spiro atoms. The molecule has 0 radical (unpaired) electrons. The predicted octanol–water partition coefficient (Wildman–Crippen LogP) is 4.38. The highest BCUT2D eigenvalue weighted by Crippen LogP contribution is 2.19. The number of hydrogen-bond acceptors (Lipinski definition) is 4. The first-order chi connectivity index (χ1) is 10.2. The smallest absolute Gasteiger partial charge is 0.412 e. The molecule has 0 saturated carbocycles. The molecule has 0 atom stereocenters. The minimum Gasteiger partial charge on any atom is -0.444 e. The van der Waals surface area contributed by atoms with Gasteiger partial charge in [0.15, 0.2) is 0 Å². The Bertz CT molecular complexity index is 498. The van der Waals surface area contributed by atoms with Gasteiger partial charge in [-0.3, -0.25) is 10.1 Å². The van der Waals surface area contributed by atoms with E-state index in [1.807, 2.05) is 13.8 Å². The van der Waals surface area contributed by atoms with Crippen molar-refractivity contribution in [2.24, 2.45) is 5.92 Å². The van der Waals surface area contributed by atoms with Gasteiger partial charge in [-0.05, 0) is 57.9 Å². The first-order valence-corrected chi connectivity index (χ1v) is 7.57. The third-order valence-corrected chi connectivity index (χ3v) is 3.04. The summed E-state index contributed by atoms with van der Waals surface area (Å²) in [6.45, 7) is 9.32. The lowest BCUT2D eigenvalue weighted by molar-refractivity contribution is -0.139. The van der Waals surface area contributed by atoms with Crippen molar-refractivity contribution in [1.82, 2.24) is 0 Å². The van der Waals surface area contributed by atoms with Gasteiger partial charge in [-0.25, -0.2) is 4.79 Å². The molecule has 0 saturated heterocycles. The minimum absolute atomic E-state index is 0.0837. The van der Waals surface area contributed by atoms with Crippen molar-refractivity contribution in [3.05, 3.63) is 24.3 Å². The number of esters is 1. The van der Waals surface area contributed by atoms with Gasteiger partial charge < -0.3 is 9.47 Å². The van der Waals surface area contributed by atoms with Gasteiger partial charge in [0.25, 0.3) is 0 Å². The molecular formula is C17H25NO4. The summed E-state index contributed by atoms with van der Waals surface area (Å²) < 4.78 is 10.5. The van der Waals surface area contributed by atoms with E-state index in [0.29, 0.717) is 11.4 Å². The average molecular weight is 307 g/mol. The van der Waals surface area contributed by atoms with E-state index >= 15 is 0 Å². The molecule has 0 aliphatic carbocycles. The SMILES string of the molecule is CCC(CC)C(=O)Oc1ccc(NC(=O)OC(C)(C)C)cc1. The molecule has 122 valence electrons. The number of rotatable bonds is 5. The van der Waals surface area contributed by atoms with E-state index in [9.17, 15) is 9.59 Å². The molecule has 0 fully saturated rings. The summed E-state index contributed by atoms with van der Waals surface area (Å²) in [6, 6.07) is 6.62. The standard InChI is InChI=1S/C17H25NO4/c1-6-12(7-2)15(19)21-14-10-8-13(9-11-14)18-16(20)22-17(3,4)5/h8-12H,6-7H2,1-5H3,(H,18,20). The zero-order chi connectivity index (χ0) is 16.8. The maximum atomic E-state index is 11.9. The molecule has 1 aromatic rings. The Labute approximate surface area is 132 Å². The van der Waals surface area contributed by atoms with Crippen LogP contribution in [0, 0.1) is 5.92 Å². The number of benzene rings is 1. The highest BCUT2D eigenvalue weighted by Gasteiger charge is 2.17. The molecule has 0 heterocycles. The fourth-order valence-electron chi connectivity index (χ4n) is 1.85.